The average Bonchev–Trinajstić information content (AvgIpc) is 2.34. The molecule has 0 amide bonds. The number of rotatable bonds is 3. The highest BCUT2D eigenvalue weighted by Gasteiger charge is 2.04. The molecule has 1 aromatic carbocycles. The summed E-state index contributed by atoms with van der Waals surface area (Å²) in [5.74, 6) is -0.254. The van der Waals surface area contributed by atoms with Crippen LogP contribution in [0.15, 0.2) is 46.5 Å². The first-order chi connectivity index (χ1) is 8.19. The van der Waals surface area contributed by atoms with Crippen LogP contribution < -0.4 is 0 Å². The van der Waals surface area contributed by atoms with Crippen molar-refractivity contribution in [2.75, 3.05) is 0 Å². The Morgan fingerprint density at radius 3 is 2.59 bits per heavy atom. The van der Waals surface area contributed by atoms with Gasteiger partial charge in [-0.25, -0.2) is 9.37 Å². The first-order valence-corrected chi connectivity index (χ1v) is 5.86. The molecule has 0 radical (unpaired) electrons. The molecule has 0 N–H and O–H groups in total. The third-order valence-electron chi connectivity index (χ3n) is 2.22. The van der Waals surface area contributed by atoms with Gasteiger partial charge in [-0.3, -0.25) is 4.79 Å². The molecule has 2 nitrogen and oxygen atoms in total. The van der Waals surface area contributed by atoms with Crippen molar-refractivity contribution in [2.45, 2.75) is 16.8 Å². The molecule has 17 heavy (non-hydrogen) atoms. The lowest BCUT2D eigenvalue weighted by Crippen LogP contribution is -1.89. The number of aldehydes is 1. The summed E-state index contributed by atoms with van der Waals surface area (Å²) in [6.45, 7) is 1.89. The zero-order valence-electron chi connectivity index (χ0n) is 9.18. The number of hydrogen-bond acceptors (Lipinski definition) is 3. The second-order valence-corrected chi connectivity index (χ2v) is 4.63. The van der Waals surface area contributed by atoms with E-state index in [1.165, 1.54) is 30.1 Å². The molecule has 0 saturated heterocycles. The second kappa shape index (κ2) is 5.10. The monoisotopic (exact) mass is 247 g/mol. The molecule has 0 unspecified atom stereocenters. The van der Waals surface area contributed by atoms with Crippen LogP contribution in [0.2, 0.25) is 0 Å². The summed E-state index contributed by atoms with van der Waals surface area (Å²) in [5, 5.41) is 0.821. The summed E-state index contributed by atoms with van der Waals surface area (Å²) in [4.78, 5) is 15.7. The van der Waals surface area contributed by atoms with Crippen LogP contribution in [0.3, 0.4) is 0 Å². The molecule has 86 valence electrons. The van der Waals surface area contributed by atoms with Crippen molar-refractivity contribution in [3.8, 4) is 0 Å². The summed E-state index contributed by atoms with van der Waals surface area (Å²) in [6.07, 6.45) is 2.30. The number of aryl methyl sites for hydroxylation is 1. The number of carbonyl (C=O) groups excluding carboxylic acids is 1. The van der Waals surface area contributed by atoms with E-state index < -0.39 is 0 Å². The van der Waals surface area contributed by atoms with Gasteiger partial charge >= 0.3 is 0 Å². The lowest BCUT2D eigenvalue weighted by Gasteiger charge is -2.04. The Labute approximate surface area is 103 Å². The highest BCUT2D eigenvalue weighted by Crippen LogP contribution is 2.28. The van der Waals surface area contributed by atoms with Crippen molar-refractivity contribution < 1.29 is 9.18 Å². The minimum Gasteiger partial charge on any atom is -0.298 e. The van der Waals surface area contributed by atoms with Gasteiger partial charge in [0.05, 0.1) is 0 Å². The molecule has 2 aromatic rings. The average molecular weight is 247 g/mol. The molecule has 0 atom stereocenters. The van der Waals surface area contributed by atoms with E-state index in [0.29, 0.717) is 5.56 Å². The summed E-state index contributed by atoms with van der Waals surface area (Å²) < 4.78 is 12.7. The molecule has 0 spiro atoms. The molecule has 0 saturated carbocycles. The molecule has 0 aliphatic heterocycles. The number of nitrogens with zero attached hydrogens (tertiary/aromatic N) is 1. The molecule has 2 rings (SSSR count). The Hall–Kier alpha value is -1.68. The van der Waals surface area contributed by atoms with Crippen LogP contribution in [0.25, 0.3) is 0 Å². The van der Waals surface area contributed by atoms with E-state index in [1.54, 1.807) is 18.2 Å². The van der Waals surface area contributed by atoms with Crippen molar-refractivity contribution in [1.29, 1.82) is 0 Å². The summed E-state index contributed by atoms with van der Waals surface area (Å²) in [5.41, 5.74) is 1.50. The quantitative estimate of drug-likeness (QED) is 0.778. The minimum absolute atomic E-state index is 0.254. The predicted octanol–water partition coefficient (Wildman–Crippen LogP) is 3.49. The van der Waals surface area contributed by atoms with E-state index >= 15 is 0 Å². The highest BCUT2D eigenvalue weighted by atomic mass is 32.2. The van der Waals surface area contributed by atoms with Crippen molar-refractivity contribution in [3.05, 3.63) is 53.5 Å². The first kappa shape index (κ1) is 11.8. The van der Waals surface area contributed by atoms with Crippen molar-refractivity contribution in [2.24, 2.45) is 0 Å². The molecule has 4 heteroatoms. The van der Waals surface area contributed by atoms with Gasteiger partial charge in [0.25, 0.3) is 0 Å². The highest BCUT2D eigenvalue weighted by molar-refractivity contribution is 7.99. The van der Waals surface area contributed by atoms with E-state index in [9.17, 15) is 9.18 Å². The number of carbonyl (C=O) groups is 1. The predicted molar refractivity (Wildman–Crippen MR) is 64.9 cm³/mol. The van der Waals surface area contributed by atoms with Crippen molar-refractivity contribution in [3.63, 3.8) is 0 Å². The van der Waals surface area contributed by atoms with Crippen molar-refractivity contribution in [1.82, 2.24) is 4.98 Å². The number of hydrogen-bond donors (Lipinski definition) is 0. The van der Waals surface area contributed by atoms with Gasteiger partial charge in [0, 0.05) is 16.7 Å². The maximum Gasteiger partial charge on any atom is 0.151 e. The molecular weight excluding hydrogens is 237 g/mol. The van der Waals surface area contributed by atoms with Crippen LogP contribution in [0.1, 0.15) is 15.9 Å². The van der Waals surface area contributed by atoms with Gasteiger partial charge in [0.1, 0.15) is 10.8 Å². The SMILES string of the molecule is Cc1cc(C=O)cnc1Sc1ccc(F)cc1. The van der Waals surface area contributed by atoms with Gasteiger partial charge in [-0.2, -0.15) is 0 Å². The molecule has 0 aliphatic rings. The summed E-state index contributed by atoms with van der Waals surface area (Å²) >= 11 is 1.45. The van der Waals surface area contributed by atoms with Crippen LogP contribution >= 0.6 is 11.8 Å². The van der Waals surface area contributed by atoms with E-state index in [-0.39, 0.29) is 5.82 Å². The summed E-state index contributed by atoms with van der Waals surface area (Å²) in [7, 11) is 0. The van der Waals surface area contributed by atoms with Crippen LogP contribution in [-0.2, 0) is 0 Å². The molecular formula is C13H10FNOS. The lowest BCUT2D eigenvalue weighted by atomic mass is 10.2. The van der Waals surface area contributed by atoms with Crippen LogP contribution in [-0.4, -0.2) is 11.3 Å². The van der Waals surface area contributed by atoms with E-state index in [1.807, 2.05) is 6.92 Å². The topological polar surface area (TPSA) is 30.0 Å². The Bertz CT molecular complexity index is 540. The molecule has 1 aromatic heterocycles. The molecule has 0 aliphatic carbocycles. The minimum atomic E-state index is -0.254. The largest absolute Gasteiger partial charge is 0.298 e. The second-order valence-electron chi connectivity index (χ2n) is 3.56. The zero-order valence-corrected chi connectivity index (χ0v) is 10.00. The standard InChI is InChI=1S/C13H10FNOS/c1-9-6-10(8-16)7-15-13(9)17-12-4-2-11(14)3-5-12/h2-8H,1H3. The van der Waals surface area contributed by atoms with E-state index in [4.69, 9.17) is 0 Å². The van der Waals surface area contributed by atoms with Gasteiger partial charge in [0.2, 0.25) is 0 Å². The maximum atomic E-state index is 12.7. The van der Waals surface area contributed by atoms with Crippen LogP contribution in [0, 0.1) is 12.7 Å². The fraction of sp³-hybridized carbons (Fsp3) is 0.0769. The third kappa shape index (κ3) is 2.91. The fourth-order valence-electron chi connectivity index (χ4n) is 1.37. The Morgan fingerprint density at radius 1 is 1.29 bits per heavy atom. The number of benzene rings is 1. The number of halogens is 1. The zero-order chi connectivity index (χ0) is 12.3. The van der Waals surface area contributed by atoms with E-state index in [0.717, 1.165) is 21.8 Å². The molecule has 1 heterocycles. The van der Waals surface area contributed by atoms with E-state index in [2.05, 4.69) is 4.98 Å². The summed E-state index contributed by atoms with van der Waals surface area (Å²) in [6, 6.07) is 8.02. The van der Waals surface area contributed by atoms with Gasteiger partial charge in [0.15, 0.2) is 6.29 Å². The first-order valence-electron chi connectivity index (χ1n) is 5.04. The normalized spacial score (nSPS) is 10.2. The van der Waals surface area contributed by atoms with Gasteiger partial charge < -0.3 is 0 Å². The van der Waals surface area contributed by atoms with Gasteiger partial charge in [-0.15, -0.1) is 0 Å². The number of aromatic nitrogens is 1. The Kier molecular flexibility index (Phi) is 3.54. The van der Waals surface area contributed by atoms with Crippen LogP contribution in [0.5, 0.6) is 0 Å². The third-order valence-corrected chi connectivity index (χ3v) is 3.34. The maximum absolute atomic E-state index is 12.7. The van der Waals surface area contributed by atoms with Crippen LogP contribution in [0.4, 0.5) is 4.39 Å². The fourth-order valence-corrected chi connectivity index (χ4v) is 2.19. The lowest BCUT2D eigenvalue weighted by molar-refractivity contribution is 0.112. The van der Waals surface area contributed by atoms with Crippen molar-refractivity contribution >= 4 is 18.0 Å². The Morgan fingerprint density at radius 2 is 2.00 bits per heavy atom. The molecule has 0 bridgehead atoms. The number of pyridine rings is 1. The Balaban J connectivity index is 2.24. The van der Waals surface area contributed by atoms with Gasteiger partial charge in [-0.05, 0) is 42.8 Å². The molecule has 0 fully saturated rings. The smallest absolute Gasteiger partial charge is 0.151 e. The van der Waals surface area contributed by atoms with Gasteiger partial charge in [-0.1, -0.05) is 11.8 Å².